The Kier molecular flexibility index (Phi) is 5.90. The van der Waals surface area contributed by atoms with E-state index in [1.165, 1.54) is 15.5 Å². The second-order valence-corrected chi connectivity index (χ2v) is 9.77. The van der Waals surface area contributed by atoms with E-state index in [1.54, 1.807) is 25.2 Å². The third-order valence-electron chi connectivity index (χ3n) is 5.44. The van der Waals surface area contributed by atoms with Crippen LogP contribution in [-0.2, 0) is 21.2 Å². The molecule has 2 aromatic rings. The van der Waals surface area contributed by atoms with Gasteiger partial charge in [-0.25, -0.2) is 8.42 Å². The Hall–Kier alpha value is -2.87. The van der Waals surface area contributed by atoms with E-state index in [4.69, 9.17) is 0 Å². The summed E-state index contributed by atoms with van der Waals surface area (Å²) in [5.41, 5.74) is 4.64. The number of anilines is 2. The Bertz CT molecular complexity index is 1110. The van der Waals surface area contributed by atoms with Crippen molar-refractivity contribution >= 4 is 33.2 Å². The van der Waals surface area contributed by atoms with Gasteiger partial charge in [-0.05, 0) is 68.1 Å². The molecule has 0 aliphatic carbocycles. The Morgan fingerprint density at radius 1 is 1.20 bits per heavy atom. The zero-order valence-corrected chi connectivity index (χ0v) is 18.7. The molecule has 1 atom stereocenters. The molecular weight excluding hydrogens is 402 g/mol. The van der Waals surface area contributed by atoms with Gasteiger partial charge in [-0.3, -0.25) is 13.9 Å². The number of rotatable bonds is 5. The van der Waals surface area contributed by atoms with Crippen molar-refractivity contribution in [2.24, 2.45) is 0 Å². The predicted molar refractivity (Wildman–Crippen MR) is 118 cm³/mol. The summed E-state index contributed by atoms with van der Waals surface area (Å²) in [6, 6.07) is 10.5. The lowest BCUT2D eigenvalue weighted by molar-refractivity contribution is -0.116. The van der Waals surface area contributed by atoms with Crippen LogP contribution in [0.3, 0.4) is 0 Å². The summed E-state index contributed by atoms with van der Waals surface area (Å²) >= 11 is 0. The molecule has 0 radical (unpaired) electrons. The van der Waals surface area contributed by atoms with Crippen molar-refractivity contribution in [3.63, 3.8) is 0 Å². The highest BCUT2D eigenvalue weighted by atomic mass is 32.2. The van der Waals surface area contributed by atoms with Crippen LogP contribution in [0.5, 0.6) is 0 Å². The number of carbonyl (C=O) groups excluding carboxylic acids is 2. The summed E-state index contributed by atoms with van der Waals surface area (Å²) in [6.07, 6.45) is 1.72. The molecular formula is C22H27N3O4S. The number of nitrogens with one attached hydrogen (secondary N) is 1. The zero-order valence-electron chi connectivity index (χ0n) is 17.9. The number of benzene rings is 2. The van der Waals surface area contributed by atoms with Crippen molar-refractivity contribution < 1.29 is 18.0 Å². The molecule has 2 aromatic carbocycles. The van der Waals surface area contributed by atoms with E-state index in [-0.39, 0.29) is 24.4 Å². The normalized spacial score (nSPS) is 15.6. The van der Waals surface area contributed by atoms with Gasteiger partial charge in [-0.15, -0.1) is 0 Å². The second kappa shape index (κ2) is 8.10. The number of likely N-dealkylation sites (N-methyl/N-ethyl adjacent to an activating group) is 1. The molecule has 0 bridgehead atoms. The molecule has 0 aromatic heterocycles. The van der Waals surface area contributed by atoms with Crippen molar-refractivity contribution in [2.45, 2.75) is 33.2 Å². The molecule has 30 heavy (non-hydrogen) atoms. The van der Waals surface area contributed by atoms with Gasteiger partial charge >= 0.3 is 0 Å². The summed E-state index contributed by atoms with van der Waals surface area (Å²) in [7, 11) is -1.81. The summed E-state index contributed by atoms with van der Waals surface area (Å²) in [6.45, 7) is 5.66. The molecule has 160 valence electrons. The summed E-state index contributed by atoms with van der Waals surface area (Å²) in [4.78, 5) is 26.6. The Balaban J connectivity index is 1.72. The Morgan fingerprint density at radius 2 is 1.90 bits per heavy atom. The van der Waals surface area contributed by atoms with Crippen LogP contribution in [-0.4, -0.2) is 51.0 Å². The fourth-order valence-corrected chi connectivity index (χ4v) is 5.09. The van der Waals surface area contributed by atoms with Crippen molar-refractivity contribution in [1.29, 1.82) is 0 Å². The van der Waals surface area contributed by atoms with E-state index < -0.39 is 10.0 Å². The standard InChI is InChI=1S/C22H27N3O4S/c1-14-7-6-8-19(16(14)3)23-21(26)13-24(4)22(27)17-9-10-20-18(12-17)11-15(2)25(20)30(5,28)29/h6-10,12,15H,11,13H2,1-5H3,(H,23,26). The molecule has 0 saturated carbocycles. The van der Waals surface area contributed by atoms with Crippen LogP contribution in [0.1, 0.15) is 34.0 Å². The highest BCUT2D eigenvalue weighted by molar-refractivity contribution is 7.92. The van der Waals surface area contributed by atoms with Gasteiger partial charge in [-0.2, -0.15) is 0 Å². The maximum atomic E-state index is 12.8. The van der Waals surface area contributed by atoms with Crippen LogP contribution in [0.25, 0.3) is 0 Å². The van der Waals surface area contributed by atoms with Gasteiger partial charge < -0.3 is 10.2 Å². The topological polar surface area (TPSA) is 86.8 Å². The van der Waals surface area contributed by atoms with Gasteiger partial charge in [-0.1, -0.05) is 12.1 Å². The highest BCUT2D eigenvalue weighted by Crippen LogP contribution is 2.34. The minimum Gasteiger partial charge on any atom is -0.332 e. The first-order valence-electron chi connectivity index (χ1n) is 9.73. The summed E-state index contributed by atoms with van der Waals surface area (Å²) in [5, 5.41) is 2.85. The van der Waals surface area contributed by atoms with Crippen molar-refractivity contribution in [3.8, 4) is 0 Å². The van der Waals surface area contributed by atoms with E-state index in [0.717, 1.165) is 22.4 Å². The lowest BCUT2D eigenvalue weighted by Gasteiger charge is -2.22. The first kappa shape index (κ1) is 21.8. The number of sulfonamides is 1. The maximum absolute atomic E-state index is 12.8. The van der Waals surface area contributed by atoms with Crippen molar-refractivity contribution in [2.75, 3.05) is 29.5 Å². The lowest BCUT2D eigenvalue weighted by atomic mass is 10.1. The fraction of sp³-hybridized carbons (Fsp3) is 0.364. The zero-order chi connectivity index (χ0) is 22.2. The van der Waals surface area contributed by atoms with Crippen LogP contribution >= 0.6 is 0 Å². The molecule has 2 amide bonds. The first-order chi connectivity index (χ1) is 14.0. The number of fused-ring (bicyclic) bond motifs is 1. The monoisotopic (exact) mass is 429 g/mol. The van der Waals surface area contributed by atoms with Crippen LogP contribution < -0.4 is 9.62 Å². The third-order valence-corrected chi connectivity index (χ3v) is 6.71. The molecule has 7 nitrogen and oxygen atoms in total. The maximum Gasteiger partial charge on any atom is 0.254 e. The Morgan fingerprint density at radius 3 is 2.57 bits per heavy atom. The number of hydrogen-bond acceptors (Lipinski definition) is 4. The molecule has 0 saturated heterocycles. The average Bonchev–Trinajstić information content (AvgIpc) is 2.99. The average molecular weight is 430 g/mol. The quantitative estimate of drug-likeness (QED) is 0.792. The third kappa shape index (κ3) is 4.33. The smallest absolute Gasteiger partial charge is 0.254 e. The van der Waals surface area contributed by atoms with Crippen LogP contribution in [0.2, 0.25) is 0 Å². The van der Waals surface area contributed by atoms with Crippen molar-refractivity contribution in [1.82, 2.24) is 4.90 Å². The SMILES string of the molecule is Cc1cccc(NC(=O)CN(C)C(=O)c2ccc3c(c2)CC(C)N3S(C)(=O)=O)c1C. The molecule has 3 rings (SSSR count). The number of aryl methyl sites for hydroxylation is 1. The van der Waals surface area contributed by atoms with E-state index >= 15 is 0 Å². The fourth-order valence-electron chi connectivity index (χ4n) is 3.83. The molecule has 1 N–H and O–H groups in total. The van der Waals surface area contributed by atoms with Crippen LogP contribution in [0.4, 0.5) is 11.4 Å². The Labute approximate surface area is 177 Å². The molecule has 1 unspecified atom stereocenters. The first-order valence-corrected chi connectivity index (χ1v) is 11.6. The lowest BCUT2D eigenvalue weighted by Crippen LogP contribution is -2.35. The second-order valence-electron chi connectivity index (χ2n) is 7.91. The molecule has 0 spiro atoms. The number of hydrogen-bond donors (Lipinski definition) is 1. The van der Waals surface area contributed by atoms with E-state index in [9.17, 15) is 18.0 Å². The molecule has 1 heterocycles. The van der Waals surface area contributed by atoms with Gasteiger partial charge in [0.1, 0.15) is 0 Å². The number of nitrogens with zero attached hydrogens (tertiary/aromatic N) is 2. The minimum atomic E-state index is -3.38. The van der Waals surface area contributed by atoms with Crippen LogP contribution in [0, 0.1) is 13.8 Å². The molecule has 1 aliphatic rings. The van der Waals surface area contributed by atoms with E-state index in [0.29, 0.717) is 17.7 Å². The number of amides is 2. The van der Waals surface area contributed by atoms with Gasteiger partial charge in [0.25, 0.3) is 5.91 Å². The molecule has 8 heteroatoms. The molecule has 1 aliphatic heterocycles. The van der Waals surface area contributed by atoms with Gasteiger partial charge in [0, 0.05) is 24.3 Å². The summed E-state index contributed by atoms with van der Waals surface area (Å²) < 4.78 is 25.5. The van der Waals surface area contributed by atoms with Gasteiger partial charge in [0.15, 0.2) is 0 Å². The van der Waals surface area contributed by atoms with Crippen molar-refractivity contribution in [3.05, 3.63) is 58.7 Å². The largest absolute Gasteiger partial charge is 0.332 e. The van der Waals surface area contributed by atoms with Crippen LogP contribution in [0.15, 0.2) is 36.4 Å². The summed E-state index contributed by atoms with van der Waals surface area (Å²) in [5.74, 6) is -0.572. The highest BCUT2D eigenvalue weighted by Gasteiger charge is 2.33. The van der Waals surface area contributed by atoms with Gasteiger partial charge in [0.05, 0.1) is 18.5 Å². The molecule has 0 fully saturated rings. The minimum absolute atomic E-state index is 0.0881. The van der Waals surface area contributed by atoms with Gasteiger partial charge in [0.2, 0.25) is 15.9 Å². The van der Waals surface area contributed by atoms with E-state index in [1.807, 2.05) is 39.0 Å². The predicted octanol–water partition coefficient (Wildman–Crippen LogP) is 2.72. The van der Waals surface area contributed by atoms with E-state index in [2.05, 4.69) is 5.32 Å². The number of carbonyl (C=O) groups is 2.